The number of pyridine rings is 1. The maximum Gasteiger partial charge on any atom is 0.303 e. The second kappa shape index (κ2) is 34.6. The van der Waals surface area contributed by atoms with Crippen molar-refractivity contribution in [3.63, 3.8) is 0 Å². The second-order valence-corrected chi connectivity index (χ2v) is 34.2. The summed E-state index contributed by atoms with van der Waals surface area (Å²) in [6, 6.07) is 38.9. The Bertz CT molecular complexity index is 5890. The first-order valence-electron chi connectivity index (χ1n) is 42.6. The second-order valence-electron chi connectivity index (χ2n) is 34.2. The van der Waals surface area contributed by atoms with Crippen LogP contribution in [0.3, 0.4) is 0 Å². The molecule has 26 heteroatoms. The normalized spacial score (nSPS) is 20.0. The first-order chi connectivity index (χ1) is 58.0. The predicted octanol–water partition coefficient (Wildman–Crippen LogP) is 19.8. The Morgan fingerprint density at radius 2 is 0.924 bits per heavy atom. The van der Waals surface area contributed by atoms with Crippen molar-refractivity contribution in [3.05, 3.63) is 286 Å². The van der Waals surface area contributed by atoms with Crippen LogP contribution in [0.5, 0.6) is 0 Å². The number of benzene rings is 5. The first kappa shape index (κ1) is 80.1. The molecule has 20 rings (SSSR count). The van der Waals surface area contributed by atoms with E-state index in [1.165, 1.54) is 201 Å². The van der Waals surface area contributed by atoms with Crippen LogP contribution in [0.2, 0.25) is 0 Å². The lowest BCUT2D eigenvalue weighted by atomic mass is 9.92. The Balaban J connectivity index is 0.000000114. The van der Waals surface area contributed by atoms with E-state index >= 15 is 0 Å². The minimum Gasteiger partial charge on any atom is -0.481 e. The van der Waals surface area contributed by atoms with Gasteiger partial charge in [-0.15, -0.1) is 0 Å². The van der Waals surface area contributed by atoms with Crippen molar-refractivity contribution in [1.82, 2.24) is 62.8 Å². The third-order valence-electron chi connectivity index (χ3n) is 26.6. The molecule has 8 unspecified atom stereocenters. The quantitative estimate of drug-likeness (QED) is 0.0322. The highest BCUT2D eigenvalue weighted by Crippen LogP contribution is 2.50. The van der Waals surface area contributed by atoms with Gasteiger partial charge in [0.05, 0.1) is 29.5 Å². The molecule has 8 aliphatic heterocycles. The van der Waals surface area contributed by atoms with E-state index in [0.29, 0.717) is 68.2 Å². The van der Waals surface area contributed by atoms with Crippen LogP contribution in [0.15, 0.2) is 174 Å². The zero-order valence-corrected chi connectivity index (χ0v) is 69.0. The summed E-state index contributed by atoms with van der Waals surface area (Å²) in [5.74, 6) is -1.07. The van der Waals surface area contributed by atoms with E-state index in [4.69, 9.17) is 15.4 Å². The molecule has 5 aromatic carbocycles. The number of aromatic nitrogens is 9. The Kier molecular flexibility index (Phi) is 23.3. The summed E-state index contributed by atoms with van der Waals surface area (Å²) >= 11 is 0. The summed E-state index contributed by atoms with van der Waals surface area (Å²) in [6.07, 6.45) is 28.1. The molecule has 0 amide bonds. The van der Waals surface area contributed by atoms with Crippen molar-refractivity contribution in [3.8, 4) is 0 Å². The molecule has 0 radical (unpaired) electrons. The van der Waals surface area contributed by atoms with Gasteiger partial charge in [-0.05, 0) is 248 Å². The third-order valence-corrected chi connectivity index (χ3v) is 26.6. The number of hydrogen-bond acceptors (Lipinski definition) is 14. The number of carboxylic acids is 1. The molecule has 15 heterocycles. The Labute approximate surface area is 692 Å². The number of hydrogen-bond donors (Lipinski definition) is 1. The van der Waals surface area contributed by atoms with Gasteiger partial charge in [0.1, 0.15) is 17.5 Å². The van der Waals surface area contributed by atoms with Crippen LogP contribution in [0.25, 0.3) is 74.9 Å². The van der Waals surface area contributed by atoms with Crippen molar-refractivity contribution in [2.75, 3.05) is 59.0 Å². The number of rotatable bonds is 20. The standard InChI is InChI=1S/C26H31N3O3.C24H26FN5.C22H25N7.C21H23N7/c1-18-6-7-21-20(16-18)26-22-4-2-13-28(22)14-10-23(26)29(21)17-24(19-8-11-27-12-9-19)32-15-3-5-25(30)31;1-16-5-10-20-19(14-16)23-21-4-3-12-29(21)13-11-22(23)30(20)15-24(2,27-28-26)17-6-8-18(25)9-7-17;1-15-5-6-17-16(12-15)21-18-4-3-10-28(18)11-7-19(21)29(17)14-22(2,26-27-23)20-13-24-8-9-25-20;1-14-4-5-18-15(11-14)21-19-3-2-9-27(19)10-6-20(21)28(18)13-17(25-26-22)16-12-23-7-8-24-16/h6-9,11-12,16,22,24H,2-5,10,13-15,17H2,1H3,(H,30,31);5-10,14,21H,3-4,11-13,15H2,1-2H3;5-6,8-9,12-13,18H,3-4,7,10-11,14H2,1-2H3;4-5,7-8,11-12,17,19H,2-3,6,9-10,13H2,1H3. The lowest BCUT2D eigenvalue weighted by Gasteiger charge is -2.32. The minimum atomic E-state index is -0.806. The minimum absolute atomic E-state index is 0.127. The topological polar surface area (TPSA) is 290 Å². The molecular weight excluding hydrogens is 1490 g/mol. The number of aliphatic carboxylic acids is 1. The highest BCUT2D eigenvalue weighted by molar-refractivity contribution is 5.90. The largest absolute Gasteiger partial charge is 0.481 e. The smallest absolute Gasteiger partial charge is 0.303 e. The van der Waals surface area contributed by atoms with Gasteiger partial charge in [-0.2, -0.15) is 0 Å². The Morgan fingerprint density at radius 1 is 0.504 bits per heavy atom. The van der Waals surface area contributed by atoms with Crippen molar-refractivity contribution >= 4 is 49.6 Å². The number of azide groups is 3. The van der Waals surface area contributed by atoms with Crippen LogP contribution >= 0.6 is 0 Å². The van der Waals surface area contributed by atoms with Crippen molar-refractivity contribution in [2.45, 2.75) is 205 Å². The molecule has 25 nitrogen and oxygen atoms in total. The molecule has 0 spiro atoms. The van der Waals surface area contributed by atoms with Crippen LogP contribution < -0.4 is 0 Å². The summed E-state index contributed by atoms with van der Waals surface area (Å²) in [5, 5.41) is 26.8. The molecule has 12 aromatic rings. The van der Waals surface area contributed by atoms with Gasteiger partial charge in [0.2, 0.25) is 0 Å². The molecule has 8 aliphatic rings. The lowest BCUT2D eigenvalue weighted by Crippen LogP contribution is -2.33. The van der Waals surface area contributed by atoms with Gasteiger partial charge >= 0.3 is 5.97 Å². The maximum absolute atomic E-state index is 13.5. The maximum atomic E-state index is 13.5. The molecule has 8 atom stereocenters. The molecule has 0 saturated carbocycles. The van der Waals surface area contributed by atoms with E-state index < -0.39 is 17.0 Å². The summed E-state index contributed by atoms with van der Waals surface area (Å²) in [7, 11) is 0. The highest BCUT2D eigenvalue weighted by atomic mass is 19.1. The zero-order chi connectivity index (χ0) is 82.1. The summed E-state index contributed by atoms with van der Waals surface area (Å²) in [4.78, 5) is 52.2. The van der Waals surface area contributed by atoms with Gasteiger partial charge in [0.15, 0.2) is 0 Å². The van der Waals surface area contributed by atoms with Gasteiger partial charge in [-0.25, -0.2) is 4.39 Å². The van der Waals surface area contributed by atoms with Crippen LogP contribution in [0.4, 0.5) is 4.39 Å². The monoisotopic (exact) mass is 1600 g/mol. The van der Waals surface area contributed by atoms with Crippen molar-refractivity contribution in [1.29, 1.82) is 0 Å². The van der Waals surface area contributed by atoms with E-state index in [-0.39, 0.29) is 24.4 Å². The van der Waals surface area contributed by atoms with E-state index in [2.05, 4.69) is 193 Å². The molecular formula is C93H105FN22O3. The van der Waals surface area contributed by atoms with Crippen LogP contribution in [-0.4, -0.2) is 133 Å². The van der Waals surface area contributed by atoms with Crippen LogP contribution in [-0.2, 0) is 72.5 Å². The van der Waals surface area contributed by atoms with E-state index in [9.17, 15) is 20.2 Å². The lowest BCUT2D eigenvalue weighted by molar-refractivity contribution is -0.137. The average molecular weight is 1600 g/mol. The Hall–Kier alpha value is -11.3. The number of nitrogens with zero attached hydrogens (tertiary/aromatic N) is 22. The molecule has 4 fully saturated rings. The molecule has 1 N–H and O–H groups in total. The van der Waals surface area contributed by atoms with Gasteiger partial charge in [-0.1, -0.05) is 74.0 Å². The number of aryl methyl sites for hydroxylation is 4. The van der Waals surface area contributed by atoms with Crippen LogP contribution in [0.1, 0.15) is 204 Å². The number of fused-ring (bicyclic) bond motifs is 20. The molecule has 119 heavy (non-hydrogen) atoms. The third kappa shape index (κ3) is 16.0. The molecule has 612 valence electrons. The molecule has 7 aromatic heterocycles. The number of halogens is 1. The molecule has 0 aliphatic carbocycles. The van der Waals surface area contributed by atoms with E-state index in [0.717, 1.165) is 69.5 Å². The first-order valence-corrected chi connectivity index (χ1v) is 42.6. The average Bonchev–Trinajstić information content (AvgIpc) is 1.56. The summed E-state index contributed by atoms with van der Waals surface area (Å²) in [6.45, 7) is 24.5. The van der Waals surface area contributed by atoms with Gasteiger partial charge in [-0.3, -0.25) is 49.3 Å². The number of ether oxygens (including phenoxy) is 1. The zero-order valence-electron chi connectivity index (χ0n) is 69.0. The molecule has 0 bridgehead atoms. The van der Waals surface area contributed by atoms with Gasteiger partial charge in [0.25, 0.3) is 0 Å². The fourth-order valence-electron chi connectivity index (χ4n) is 21.1. The van der Waals surface area contributed by atoms with E-state index in [1.54, 1.807) is 61.7 Å². The Morgan fingerprint density at radius 3 is 1.34 bits per heavy atom. The SMILES string of the molecule is Cc1ccc2c(c1)c1c(n2CC(C)(N=[N+]=[N-])c2ccc(F)cc2)CCN2CCCC12.Cc1ccc2c(c1)c1c(n2CC(C)(N=[N+]=[N-])c2cnccn2)CCN2CCCC12.Cc1ccc2c(c1)c1c(n2CC(N=[N+]=[N-])c2cnccn2)CCN2CCCC12.Cc1ccc2c(c1)c1c(n2CC(OCCCC(=O)O)c2ccncc2)CCN2CCCC12. The fourth-order valence-corrected chi connectivity index (χ4v) is 21.1. The number of carbonyl (C=O) groups is 1. The number of carboxylic acid groups (broad SMARTS) is 1. The highest BCUT2D eigenvalue weighted by Gasteiger charge is 2.42. The van der Waals surface area contributed by atoms with Gasteiger partial charge < -0.3 is 28.1 Å². The fraction of sp³-hybridized carbons (Fsp3) is 0.441. The van der Waals surface area contributed by atoms with Crippen molar-refractivity contribution in [2.24, 2.45) is 15.3 Å². The molecule has 4 saturated heterocycles. The predicted molar refractivity (Wildman–Crippen MR) is 461 cm³/mol. The summed E-state index contributed by atoms with van der Waals surface area (Å²) in [5.41, 5.74) is 51.0. The van der Waals surface area contributed by atoms with Crippen molar-refractivity contribution < 1.29 is 19.0 Å². The van der Waals surface area contributed by atoms with E-state index in [1.807, 2.05) is 26.0 Å². The summed E-state index contributed by atoms with van der Waals surface area (Å²) < 4.78 is 29.4. The van der Waals surface area contributed by atoms with Gasteiger partial charge in [0, 0.05) is 239 Å². The van der Waals surface area contributed by atoms with Crippen LogP contribution in [0, 0.1) is 33.5 Å².